The van der Waals surface area contributed by atoms with Crippen molar-refractivity contribution in [1.82, 2.24) is 9.97 Å². The second-order valence-corrected chi connectivity index (χ2v) is 4.25. The lowest BCUT2D eigenvalue weighted by Crippen LogP contribution is -2.03. The molecule has 0 amide bonds. The molecule has 0 aliphatic carbocycles. The average molecular weight is 264 g/mol. The minimum atomic E-state index is 0.379. The second kappa shape index (κ2) is 5.33. The van der Waals surface area contributed by atoms with Crippen molar-refractivity contribution in [3.63, 3.8) is 0 Å². The van der Waals surface area contributed by atoms with Gasteiger partial charge in [-0.25, -0.2) is 9.97 Å². The van der Waals surface area contributed by atoms with Gasteiger partial charge in [-0.3, -0.25) is 0 Å². The van der Waals surface area contributed by atoms with Crippen LogP contribution in [0.3, 0.4) is 0 Å². The summed E-state index contributed by atoms with van der Waals surface area (Å²) in [5.41, 5.74) is 8.02. The largest absolute Gasteiger partial charge is 0.497 e. The summed E-state index contributed by atoms with van der Waals surface area (Å²) in [6.07, 6.45) is 0. The van der Waals surface area contributed by atoms with Gasteiger partial charge in [0.2, 0.25) is 0 Å². The van der Waals surface area contributed by atoms with Crippen molar-refractivity contribution in [1.29, 1.82) is 0 Å². The first kappa shape index (κ1) is 12.8. The van der Waals surface area contributed by atoms with E-state index in [4.69, 9.17) is 22.1 Å². The summed E-state index contributed by atoms with van der Waals surface area (Å²) in [6.45, 7) is 2.21. The first-order valence-electron chi connectivity index (χ1n) is 5.52. The molecule has 1 heterocycles. The van der Waals surface area contributed by atoms with Gasteiger partial charge in [-0.2, -0.15) is 0 Å². The fourth-order valence-corrected chi connectivity index (χ4v) is 1.97. The second-order valence-electron chi connectivity index (χ2n) is 3.84. The summed E-state index contributed by atoms with van der Waals surface area (Å²) in [7, 11) is 1.60. The maximum absolute atomic E-state index is 6.22. The standard InChI is InChI=1S/C13H14ClN3O/c1-8-16-9(7-15)5-13(17-8)11-4-3-10(18-2)6-12(11)14/h3-6H,7,15H2,1-2H3. The molecule has 0 spiro atoms. The van der Waals surface area contributed by atoms with E-state index in [1.54, 1.807) is 13.2 Å². The Kier molecular flexibility index (Phi) is 3.79. The monoisotopic (exact) mass is 263 g/mol. The van der Waals surface area contributed by atoms with E-state index in [-0.39, 0.29) is 0 Å². The van der Waals surface area contributed by atoms with Crippen molar-refractivity contribution in [2.45, 2.75) is 13.5 Å². The molecule has 2 N–H and O–H groups in total. The Bertz CT molecular complexity index is 572. The van der Waals surface area contributed by atoms with Crippen LogP contribution in [0.4, 0.5) is 0 Å². The third-order valence-corrected chi connectivity index (χ3v) is 2.87. The lowest BCUT2D eigenvalue weighted by Gasteiger charge is -2.08. The van der Waals surface area contributed by atoms with E-state index in [0.29, 0.717) is 23.1 Å². The van der Waals surface area contributed by atoms with Gasteiger partial charge in [-0.1, -0.05) is 11.6 Å². The summed E-state index contributed by atoms with van der Waals surface area (Å²) >= 11 is 6.22. The molecular weight excluding hydrogens is 250 g/mol. The van der Waals surface area contributed by atoms with Crippen LogP contribution in [0.1, 0.15) is 11.5 Å². The van der Waals surface area contributed by atoms with Crippen LogP contribution >= 0.6 is 11.6 Å². The Morgan fingerprint density at radius 1 is 1.28 bits per heavy atom. The number of ether oxygens (including phenoxy) is 1. The molecule has 4 nitrogen and oxygen atoms in total. The third-order valence-electron chi connectivity index (χ3n) is 2.55. The molecule has 2 aromatic rings. The number of hydrogen-bond donors (Lipinski definition) is 1. The molecule has 0 aliphatic rings. The number of hydrogen-bond acceptors (Lipinski definition) is 4. The van der Waals surface area contributed by atoms with E-state index in [1.165, 1.54) is 0 Å². The van der Waals surface area contributed by atoms with Crippen molar-refractivity contribution >= 4 is 11.6 Å². The van der Waals surface area contributed by atoms with Gasteiger partial charge < -0.3 is 10.5 Å². The molecule has 1 aromatic carbocycles. The van der Waals surface area contributed by atoms with Crippen molar-refractivity contribution in [2.24, 2.45) is 5.73 Å². The van der Waals surface area contributed by atoms with Gasteiger partial charge in [-0.15, -0.1) is 0 Å². The number of halogens is 1. The molecule has 0 radical (unpaired) electrons. The first-order chi connectivity index (χ1) is 8.63. The van der Waals surface area contributed by atoms with Gasteiger partial charge in [0.1, 0.15) is 11.6 Å². The van der Waals surface area contributed by atoms with Crippen molar-refractivity contribution in [3.8, 4) is 17.0 Å². The van der Waals surface area contributed by atoms with Gasteiger partial charge >= 0.3 is 0 Å². The highest BCUT2D eigenvalue weighted by molar-refractivity contribution is 6.33. The molecule has 0 saturated carbocycles. The molecule has 0 atom stereocenters. The lowest BCUT2D eigenvalue weighted by atomic mass is 10.1. The Labute approximate surface area is 111 Å². The molecule has 18 heavy (non-hydrogen) atoms. The smallest absolute Gasteiger partial charge is 0.126 e. The van der Waals surface area contributed by atoms with E-state index in [9.17, 15) is 0 Å². The fourth-order valence-electron chi connectivity index (χ4n) is 1.70. The average Bonchev–Trinajstić information content (AvgIpc) is 2.37. The van der Waals surface area contributed by atoms with Crippen LogP contribution in [0, 0.1) is 6.92 Å². The van der Waals surface area contributed by atoms with Crippen LogP contribution in [-0.2, 0) is 6.54 Å². The zero-order chi connectivity index (χ0) is 13.1. The van der Waals surface area contributed by atoms with Crippen molar-refractivity contribution in [2.75, 3.05) is 7.11 Å². The van der Waals surface area contributed by atoms with E-state index < -0.39 is 0 Å². The van der Waals surface area contributed by atoms with Gasteiger partial charge in [0.05, 0.1) is 23.5 Å². The fraction of sp³-hybridized carbons (Fsp3) is 0.231. The van der Waals surface area contributed by atoms with Gasteiger partial charge in [0, 0.05) is 12.1 Å². The predicted octanol–water partition coefficient (Wildman–Crippen LogP) is 2.57. The maximum Gasteiger partial charge on any atom is 0.126 e. The Morgan fingerprint density at radius 2 is 2.06 bits per heavy atom. The lowest BCUT2D eigenvalue weighted by molar-refractivity contribution is 0.415. The third kappa shape index (κ3) is 2.60. The summed E-state index contributed by atoms with van der Waals surface area (Å²) < 4.78 is 5.12. The number of aromatic nitrogens is 2. The molecule has 0 saturated heterocycles. The van der Waals surface area contributed by atoms with Crippen LogP contribution in [-0.4, -0.2) is 17.1 Å². The minimum absolute atomic E-state index is 0.379. The molecule has 0 fully saturated rings. The number of aryl methyl sites for hydroxylation is 1. The minimum Gasteiger partial charge on any atom is -0.497 e. The van der Waals surface area contributed by atoms with E-state index in [1.807, 2.05) is 25.1 Å². The molecule has 0 unspecified atom stereocenters. The Hall–Kier alpha value is -1.65. The van der Waals surface area contributed by atoms with Gasteiger partial charge in [0.25, 0.3) is 0 Å². The summed E-state index contributed by atoms with van der Waals surface area (Å²) in [5, 5.41) is 0.593. The van der Waals surface area contributed by atoms with Crippen LogP contribution in [0.5, 0.6) is 5.75 Å². The molecular formula is C13H14ClN3O. The predicted molar refractivity (Wildman–Crippen MR) is 71.7 cm³/mol. The molecule has 0 aliphatic heterocycles. The van der Waals surface area contributed by atoms with Crippen LogP contribution in [0.15, 0.2) is 24.3 Å². The highest BCUT2D eigenvalue weighted by Gasteiger charge is 2.08. The molecule has 2 rings (SSSR count). The molecule has 1 aromatic heterocycles. The summed E-state index contributed by atoms with van der Waals surface area (Å²) in [6, 6.07) is 7.33. The zero-order valence-electron chi connectivity index (χ0n) is 10.3. The van der Waals surface area contributed by atoms with Crippen LogP contribution < -0.4 is 10.5 Å². The highest BCUT2D eigenvalue weighted by Crippen LogP contribution is 2.30. The van der Waals surface area contributed by atoms with Crippen LogP contribution in [0.2, 0.25) is 5.02 Å². The van der Waals surface area contributed by atoms with E-state index in [2.05, 4.69) is 9.97 Å². The quantitative estimate of drug-likeness (QED) is 0.925. The SMILES string of the molecule is COc1ccc(-c2cc(CN)nc(C)n2)c(Cl)c1. The summed E-state index contributed by atoms with van der Waals surface area (Å²) in [4.78, 5) is 8.61. The molecule has 94 valence electrons. The molecule has 5 heteroatoms. The maximum atomic E-state index is 6.22. The zero-order valence-corrected chi connectivity index (χ0v) is 11.0. The summed E-state index contributed by atoms with van der Waals surface area (Å²) in [5.74, 6) is 1.40. The number of rotatable bonds is 3. The Morgan fingerprint density at radius 3 is 2.67 bits per heavy atom. The molecule has 0 bridgehead atoms. The normalized spacial score (nSPS) is 10.4. The number of nitrogens with two attached hydrogens (primary N) is 1. The van der Waals surface area contributed by atoms with Gasteiger partial charge in [-0.05, 0) is 31.2 Å². The van der Waals surface area contributed by atoms with Crippen molar-refractivity contribution < 1.29 is 4.74 Å². The van der Waals surface area contributed by atoms with Crippen molar-refractivity contribution in [3.05, 3.63) is 40.8 Å². The van der Waals surface area contributed by atoms with Gasteiger partial charge in [0.15, 0.2) is 0 Å². The first-order valence-corrected chi connectivity index (χ1v) is 5.90. The van der Waals surface area contributed by atoms with E-state index >= 15 is 0 Å². The highest BCUT2D eigenvalue weighted by atomic mass is 35.5. The van der Waals surface area contributed by atoms with Crippen LogP contribution in [0.25, 0.3) is 11.3 Å². The number of methoxy groups -OCH3 is 1. The van der Waals surface area contributed by atoms with E-state index in [0.717, 1.165) is 17.0 Å². The number of benzene rings is 1. The topological polar surface area (TPSA) is 61.0 Å². The number of nitrogens with zero attached hydrogens (tertiary/aromatic N) is 2. The Balaban J connectivity index is 2.51.